The van der Waals surface area contributed by atoms with Crippen LogP contribution in [0.5, 0.6) is 0 Å². The predicted molar refractivity (Wildman–Crippen MR) is 75.1 cm³/mol. The average molecular weight is 241 g/mol. The zero-order valence-corrected chi connectivity index (χ0v) is 11.8. The third kappa shape index (κ3) is 10.5. The summed E-state index contributed by atoms with van der Waals surface area (Å²) in [6.45, 7) is 4.36. The van der Waals surface area contributed by atoms with Gasteiger partial charge in [0.2, 0.25) is 0 Å². The number of carbonyl (C=O) groups excluding carboxylic acids is 1. The zero-order valence-electron chi connectivity index (χ0n) is 11.8. The Morgan fingerprint density at radius 2 is 1.41 bits per heavy atom. The van der Waals surface area contributed by atoms with Crippen molar-refractivity contribution in [2.75, 3.05) is 0 Å². The fraction of sp³-hybridized carbons (Fsp3) is 0.933. The molecule has 102 valence electrons. The van der Waals surface area contributed by atoms with Crippen molar-refractivity contribution in [2.45, 2.75) is 90.5 Å². The molecule has 0 aromatic rings. The average Bonchev–Trinajstić information content (AvgIpc) is 2.34. The maximum Gasteiger partial charge on any atom is 0.149 e. The minimum atomic E-state index is -0.199. The Kier molecular flexibility index (Phi) is 11.8. The molecule has 0 aliphatic rings. The first-order valence-electron chi connectivity index (χ1n) is 7.50. The van der Waals surface area contributed by atoms with Crippen LogP contribution in [0.15, 0.2) is 0 Å². The van der Waals surface area contributed by atoms with Gasteiger partial charge in [0.15, 0.2) is 0 Å². The van der Waals surface area contributed by atoms with Crippen LogP contribution in [0.4, 0.5) is 0 Å². The van der Waals surface area contributed by atoms with Crippen molar-refractivity contribution in [1.29, 1.82) is 0 Å². The van der Waals surface area contributed by atoms with E-state index in [0.29, 0.717) is 6.42 Å². The Balaban J connectivity index is 3.32. The van der Waals surface area contributed by atoms with E-state index in [1.165, 1.54) is 38.5 Å². The maximum atomic E-state index is 11.7. The number of hydrogen-bond donors (Lipinski definition) is 1. The fourth-order valence-electron chi connectivity index (χ4n) is 2.03. The van der Waals surface area contributed by atoms with E-state index in [-0.39, 0.29) is 11.8 Å². The quantitative estimate of drug-likeness (QED) is 0.520. The normalized spacial score (nSPS) is 12.6. The lowest BCUT2D eigenvalue weighted by molar-refractivity contribution is -0.120. The molecule has 0 aromatic heterocycles. The Bertz CT molecular complexity index is 180. The topological polar surface area (TPSA) is 43.1 Å². The second-order valence-corrected chi connectivity index (χ2v) is 5.09. The first kappa shape index (κ1) is 16.6. The van der Waals surface area contributed by atoms with E-state index in [4.69, 9.17) is 5.73 Å². The molecular formula is C15H31NO. The third-order valence-corrected chi connectivity index (χ3v) is 3.31. The van der Waals surface area contributed by atoms with Crippen molar-refractivity contribution in [2.24, 2.45) is 5.73 Å². The van der Waals surface area contributed by atoms with Crippen molar-refractivity contribution in [3.63, 3.8) is 0 Å². The molecule has 0 amide bonds. The number of nitrogens with two attached hydrogens (primary N) is 1. The molecule has 0 aromatic carbocycles. The summed E-state index contributed by atoms with van der Waals surface area (Å²) < 4.78 is 0. The molecule has 0 aliphatic heterocycles. The molecule has 0 spiro atoms. The van der Waals surface area contributed by atoms with Crippen molar-refractivity contribution < 1.29 is 4.79 Å². The SMILES string of the molecule is CCCCCCCCCC(=O)C(N)CCCC. The van der Waals surface area contributed by atoms with E-state index < -0.39 is 0 Å². The molecule has 0 radical (unpaired) electrons. The highest BCUT2D eigenvalue weighted by atomic mass is 16.1. The van der Waals surface area contributed by atoms with Crippen LogP contribution in [-0.2, 0) is 4.79 Å². The van der Waals surface area contributed by atoms with Gasteiger partial charge in [0.1, 0.15) is 5.78 Å². The molecular weight excluding hydrogens is 210 g/mol. The molecule has 1 unspecified atom stereocenters. The highest BCUT2D eigenvalue weighted by Crippen LogP contribution is 2.10. The lowest BCUT2D eigenvalue weighted by Gasteiger charge is -2.09. The van der Waals surface area contributed by atoms with Crippen molar-refractivity contribution in [1.82, 2.24) is 0 Å². The largest absolute Gasteiger partial charge is 0.322 e. The van der Waals surface area contributed by atoms with E-state index in [9.17, 15) is 4.79 Å². The van der Waals surface area contributed by atoms with Crippen molar-refractivity contribution in [3.8, 4) is 0 Å². The van der Waals surface area contributed by atoms with Gasteiger partial charge in [0.05, 0.1) is 6.04 Å². The molecule has 0 rings (SSSR count). The van der Waals surface area contributed by atoms with Crippen LogP contribution in [0.25, 0.3) is 0 Å². The molecule has 1 atom stereocenters. The van der Waals surface area contributed by atoms with Gasteiger partial charge in [-0.3, -0.25) is 4.79 Å². The van der Waals surface area contributed by atoms with E-state index >= 15 is 0 Å². The molecule has 2 heteroatoms. The second kappa shape index (κ2) is 12.1. The fourth-order valence-corrected chi connectivity index (χ4v) is 2.03. The molecule has 0 bridgehead atoms. The van der Waals surface area contributed by atoms with Crippen LogP contribution >= 0.6 is 0 Å². The first-order valence-corrected chi connectivity index (χ1v) is 7.50. The Morgan fingerprint density at radius 1 is 0.882 bits per heavy atom. The monoisotopic (exact) mass is 241 g/mol. The van der Waals surface area contributed by atoms with Gasteiger partial charge in [-0.1, -0.05) is 65.2 Å². The zero-order chi connectivity index (χ0) is 12.9. The predicted octanol–water partition coefficient (Wildman–Crippen LogP) is 4.21. The molecule has 0 aliphatic carbocycles. The second-order valence-electron chi connectivity index (χ2n) is 5.09. The number of Topliss-reactive ketones (excluding diaryl/α,β-unsaturated/α-hetero) is 1. The maximum absolute atomic E-state index is 11.7. The number of rotatable bonds is 12. The van der Waals surface area contributed by atoms with Gasteiger partial charge in [-0.15, -0.1) is 0 Å². The van der Waals surface area contributed by atoms with Gasteiger partial charge in [0, 0.05) is 6.42 Å². The van der Waals surface area contributed by atoms with E-state index in [1.807, 2.05) is 0 Å². The highest BCUT2D eigenvalue weighted by molar-refractivity contribution is 5.83. The summed E-state index contributed by atoms with van der Waals surface area (Å²) in [6, 6.07) is -0.199. The van der Waals surface area contributed by atoms with Gasteiger partial charge >= 0.3 is 0 Å². The highest BCUT2D eigenvalue weighted by Gasteiger charge is 2.11. The van der Waals surface area contributed by atoms with E-state index in [2.05, 4.69) is 13.8 Å². The lowest BCUT2D eigenvalue weighted by Crippen LogP contribution is -2.30. The van der Waals surface area contributed by atoms with Crippen LogP contribution in [0.2, 0.25) is 0 Å². The Hall–Kier alpha value is -0.370. The van der Waals surface area contributed by atoms with Gasteiger partial charge in [-0.2, -0.15) is 0 Å². The summed E-state index contributed by atoms with van der Waals surface area (Å²) in [7, 11) is 0. The van der Waals surface area contributed by atoms with Crippen LogP contribution in [0.3, 0.4) is 0 Å². The molecule has 2 nitrogen and oxygen atoms in total. The summed E-state index contributed by atoms with van der Waals surface area (Å²) in [5.74, 6) is 0.270. The van der Waals surface area contributed by atoms with E-state index in [1.54, 1.807) is 0 Å². The van der Waals surface area contributed by atoms with Crippen molar-refractivity contribution >= 4 is 5.78 Å². The minimum Gasteiger partial charge on any atom is -0.322 e. The Morgan fingerprint density at radius 3 is 2.00 bits per heavy atom. The lowest BCUT2D eigenvalue weighted by atomic mass is 10.0. The van der Waals surface area contributed by atoms with Crippen LogP contribution in [-0.4, -0.2) is 11.8 Å². The summed E-state index contributed by atoms with van der Waals surface area (Å²) >= 11 is 0. The van der Waals surface area contributed by atoms with E-state index in [0.717, 1.165) is 25.7 Å². The van der Waals surface area contributed by atoms with Crippen LogP contribution in [0, 0.1) is 0 Å². The molecule has 0 fully saturated rings. The summed E-state index contributed by atoms with van der Waals surface area (Å²) in [6.07, 6.45) is 12.6. The third-order valence-electron chi connectivity index (χ3n) is 3.31. The minimum absolute atomic E-state index is 0.199. The summed E-state index contributed by atoms with van der Waals surface area (Å²) in [5.41, 5.74) is 5.83. The Labute approximate surface area is 107 Å². The van der Waals surface area contributed by atoms with Crippen LogP contribution in [0.1, 0.15) is 84.5 Å². The van der Waals surface area contributed by atoms with Gasteiger partial charge < -0.3 is 5.73 Å². The number of carbonyl (C=O) groups is 1. The summed E-state index contributed by atoms with van der Waals surface area (Å²) in [5, 5.41) is 0. The van der Waals surface area contributed by atoms with Crippen LogP contribution < -0.4 is 5.73 Å². The molecule has 0 saturated carbocycles. The van der Waals surface area contributed by atoms with Gasteiger partial charge in [0.25, 0.3) is 0 Å². The first-order chi connectivity index (χ1) is 8.22. The summed E-state index contributed by atoms with van der Waals surface area (Å²) in [4.78, 5) is 11.7. The van der Waals surface area contributed by atoms with Crippen molar-refractivity contribution in [3.05, 3.63) is 0 Å². The number of unbranched alkanes of at least 4 members (excludes halogenated alkanes) is 7. The van der Waals surface area contributed by atoms with Gasteiger partial charge in [-0.25, -0.2) is 0 Å². The smallest absolute Gasteiger partial charge is 0.149 e. The van der Waals surface area contributed by atoms with Gasteiger partial charge in [-0.05, 0) is 12.8 Å². The standard InChI is InChI=1S/C15H31NO/c1-3-5-7-8-9-10-11-13-15(17)14(16)12-6-4-2/h14H,3-13,16H2,1-2H3. The molecule has 17 heavy (non-hydrogen) atoms. The number of hydrogen-bond acceptors (Lipinski definition) is 2. The molecule has 0 heterocycles. The number of ketones is 1. The molecule has 2 N–H and O–H groups in total. The molecule has 0 saturated heterocycles.